The van der Waals surface area contributed by atoms with Crippen molar-refractivity contribution in [1.29, 1.82) is 0 Å². The Kier molecular flexibility index (Phi) is 3.52. The van der Waals surface area contributed by atoms with Crippen molar-refractivity contribution in [3.05, 3.63) is 59.6 Å². The second-order valence-corrected chi connectivity index (χ2v) is 6.39. The Balaban J connectivity index is 0.00000182. The number of halogens is 1. The van der Waals surface area contributed by atoms with Crippen molar-refractivity contribution < 1.29 is 5.82 Å². The van der Waals surface area contributed by atoms with Crippen molar-refractivity contribution in [2.24, 2.45) is 5.92 Å². The number of nitrogens with one attached hydrogen (secondary N) is 1. The molecule has 3 aromatic rings. The maximum absolute atomic E-state index is 14.2. The van der Waals surface area contributed by atoms with E-state index in [2.05, 4.69) is 40.2 Å². The van der Waals surface area contributed by atoms with Gasteiger partial charge in [0.15, 0.2) is 11.5 Å². The summed E-state index contributed by atoms with van der Waals surface area (Å²) in [7, 11) is 0. The van der Waals surface area contributed by atoms with Crippen molar-refractivity contribution in [1.82, 2.24) is 19.4 Å². The molecule has 0 aliphatic heterocycles. The van der Waals surface area contributed by atoms with Crippen LogP contribution in [0, 0.1) is 11.7 Å². The summed E-state index contributed by atoms with van der Waals surface area (Å²) in [6, 6.07) is 1.52. The zero-order chi connectivity index (χ0) is 16.7. The molecule has 3 aromatic heterocycles. The summed E-state index contributed by atoms with van der Waals surface area (Å²) in [5.74, 6) is 0.844. The van der Waals surface area contributed by atoms with Gasteiger partial charge in [-0.3, -0.25) is 0 Å². The van der Waals surface area contributed by atoms with Crippen LogP contribution in [-0.4, -0.2) is 25.9 Å². The summed E-state index contributed by atoms with van der Waals surface area (Å²) in [4.78, 5) is 13.0. The SMILES string of the molecule is CC(C)CNc1ncc2c(n1)CC=C2c1cc(F)c2nccn2c1.[HH]. The minimum atomic E-state index is -0.331. The molecule has 1 aliphatic rings. The first kappa shape index (κ1) is 14.8. The number of pyridine rings is 1. The first-order valence-electron chi connectivity index (χ1n) is 8.04. The van der Waals surface area contributed by atoms with Crippen molar-refractivity contribution in [2.45, 2.75) is 20.3 Å². The van der Waals surface area contributed by atoms with Gasteiger partial charge in [0.2, 0.25) is 5.95 Å². The predicted molar refractivity (Wildman–Crippen MR) is 93.4 cm³/mol. The lowest BCUT2D eigenvalue weighted by atomic mass is 10.0. The van der Waals surface area contributed by atoms with Gasteiger partial charge in [-0.15, -0.1) is 0 Å². The Hall–Kier alpha value is -2.76. The van der Waals surface area contributed by atoms with E-state index in [1.54, 1.807) is 16.8 Å². The molecule has 1 aliphatic carbocycles. The molecule has 6 heteroatoms. The van der Waals surface area contributed by atoms with Crippen LogP contribution in [0.2, 0.25) is 0 Å². The molecule has 0 saturated carbocycles. The van der Waals surface area contributed by atoms with E-state index in [1.165, 1.54) is 6.07 Å². The average Bonchev–Trinajstić information content (AvgIpc) is 3.19. The van der Waals surface area contributed by atoms with Crippen molar-refractivity contribution >= 4 is 17.2 Å². The first-order valence-corrected chi connectivity index (χ1v) is 8.04. The third-order valence-corrected chi connectivity index (χ3v) is 4.08. The van der Waals surface area contributed by atoms with E-state index in [0.717, 1.165) is 35.4 Å². The summed E-state index contributed by atoms with van der Waals surface area (Å²) < 4.78 is 15.9. The molecule has 0 atom stereocenters. The fourth-order valence-corrected chi connectivity index (χ4v) is 2.90. The third-order valence-electron chi connectivity index (χ3n) is 4.08. The van der Waals surface area contributed by atoms with Gasteiger partial charge in [0.1, 0.15) is 0 Å². The van der Waals surface area contributed by atoms with E-state index in [0.29, 0.717) is 17.5 Å². The molecule has 3 heterocycles. The molecule has 24 heavy (non-hydrogen) atoms. The smallest absolute Gasteiger partial charge is 0.222 e. The van der Waals surface area contributed by atoms with E-state index in [-0.39, 0.29) is 7.24 Å². The molecule has 0 saturated heterocycles. The summed E-state index contributed by atoms with van der Waals surface area (Å²) in [5, 5.41) is 3.24. The molecule has 4 rings (SSSR count). The van der Waals surface area contributed by atoms with Gasteiger partial charge >= 0.3 is 0 Å². The summed E-state index contributed by atoms with van der Waals surface area (Å²) in [6.45, 7) is 5.11. The van der Waals surface area contributed by atoms with Crippen LogP contribution in [-0.2, 0) is 6.42 Å². The maximum Gasteiger partial charge on any atom is 0.222 e. The maximum atomic E-state index is 14.2. The highest BCUT2D eigenvalue weighted by molar-refractivity contribution is 5.84. The Morgan fingerprint density at radius 1 is 1.38 bits per heavy atom. The Labute approximate surface area is 140 Å². The molecule has 5 nitrogen and oxygen atoms in total. The average molecular weight is 325 g/mol. The van der Waals surface area contributed by atoms with Crippen LogP contribution in [0.3, 0.4) is 0 Å². The highest BCUT2D eigenvalue weighted by Crippen LogP contribution is 2.32. The summed E-state index contributed by atoms with van der Waals surface area (Å²) in [6.07, 6.45) is 9.84. The Morgan fingerprint density at radius 2 is 2.25 bits per heavy atom. The number of imidazole rings is 1. The quantitative estimate of drug-likeness (QED) is 0.797. The number of anilines is 1. The Morgan fingerprint density at radius 3 is 3.08 bits per heavy atom. The van der Waals surface area contributed by atoms with Crippen LogP contribution >= 0.6 is 0 Å². The van der Waals surface area contributed by atoms with Crippen LogP contribution in [0.1, 0.15) is 32.1 Å². The van der Waals surface area contributed by atoms with Gasteiger partial charge in [-0.25, -0.2) is 19.3 Å². The van der Waals surface area contributed by atoms with Gasteiger partial charge in [0.25, 0.3) is 0 Å². The van der Waals surface area contributed by atoms with Crippen LogP contribution in [0.15, 0.2) is 36.9 Å². The molecule has 0 amide bonds. The molecule has 0 fully saturated rings. The number of hydrogen-bond donors (Lipinski definition) is 1. The summed E-state index contributed by atoms with van der Waals surface area (Å²) in [5.41, 5.74) is 4.04. The fourth-order valence-electron chi connectivity index (χ4n) is 2.90. The fraction of sp³-hybridized carbons (Fsp3) is 0.278. The summed E-state index contributed by atoms with van der Waals surface area (Å²) >= 11 is 0. The minimum absolute atomic E-state index is 0. The normalized spacial score (nSPS) is 13.4. The van der Waals surface area contributed by atoms with Crippen molar-refractivity contribution in [3.8, 4) is 0 Å². The van der Waals surface area contributed by atoms with E-state index in [9.17, 15) is 4.39 Å². The number of rotatable bonds is 4. The largest absolute Gasteiger partial charge is 0.354 e. The molecule has 0 aromatic carbocycles. The highest BCUT2D eigenvalue weighted by atomic mass is 19.1. The molecule has 124 valence electrons. The predicted octanol–water partition coefficient (Wildman–Crippen LogP) is 3.57. The van der Waals surface area contributed by atoms with E-state index in [4.69, 9.17) is 0 Å². The van der Waals surface area contributed by atoms with Crippen molar-refractivity contribution in [3.63, 3.8) is 0 Å². The van der Waals surface area contributed by atoms with Crippen molar-refractivity contribution in [2.75, 3.05) is 11.9 Å². The minimum Gasteiger partial charge on any atom is -0.354 e. The number of nitrogens with zero attached hydrogens (tertiary/aromatic N) is 4. The second-order valence-electron chi connectivity index (χ2n) is 6.39. The molecule has 0 radical (unpaired) electrons. The molecule has 0 spiro atoms. The van der Waals surface area contributed by atoms with E-state index >= 15 is 0 Å². The Bertz CT molecular complexity index is 948. The lowest BCUT2D eigenvalue weighted by molar-refractivity contribution is 0.629. The lowest BCUT2D eigenvalue weighted by Gasteiger charge is -2.10. The second kappa shape index (κ2) is 5.70. The molecule has 1 N–H and O–H groups in total. The first-order chi connectivity index (χ1) is 11.6. The number of allylic oxidation sites excluding steroid dienone is 1. The zero-order valence-electron chi connectivity index (χ0n) is 13.6. The number of fused-ring (bicyclic) bond motifs is 2. The zero-order valence-corrected chi connectivity index (χ0v) is 13.6. The van der Waals surface area contributed by atoms with Gasteiger partial charge in [-0.05, 0) is 17.6 Å². The van der Waals surface area contributed by atoms with E-state index in [1.807, 2.05) is 12.4 Å². The van der Waals surface area contributed by atoms with Gasteiger partial charge in [0, 0.05) is 50.3 Å². The molecular weight excluding hydrogens is 305 g/mol. The number of aromatic nitrogens is 4. The third kappa shape index (κ3) is 2.54. The van der Waals surface area contributed by atoms with Gasteiger partial charge in [0.05, 0.1) is 5.69 Å². The van der Waals surface area contributed by atoms with Crippen LogP contribution < -0.4 is 5.32 Å². The van der Waals surface area contributed by atoms with Gasteiger partial charge < -0.3 is 9.72 Å². The van der Waals surface area contributed by atoms with Crippen LogP contribution in [0.25, 0.3) is 11.2 Å². The molecule has 0 bridgehead atoms. The molecule has 0 unspecified atom stereocenters. The van der Waals surface area contributed by atoms with Gasteiger partial charge in [-0.1, -0.05) is 19.9 Å². The lowest BCUT2D eigenvalue weighted by Crippen LogP contribution is -2.11. The van der Waals surface area contributed by atoms with Crippen LogP contribution in [0.4, 0.5) is 10.3 Å². The monoisotopic (exact) mass is 325 g/mol. The highest BCUT2D eigenvalue weighted by Gasteiger charge is 2.20. The standard InChI is InChI=1S/C18H18FN5.H2/c1-11(2)8-21-18-22-9-14-13(3-4-16(14)23-18)12-7-15(19)17-20-5-6-24(17)10-12;/h3,5-7,9-11H,4,8H2,1-2H3,(H,21,22,23);1H. The van der Waals surface area contributed by atoms with Gasteiger partial charge in [-0.2, -0.15) is 0 Å². The molecular formula is C18H20FN5. The topological polar surface area (TPSA) is 55.1 Å². The van der Waals surface area contributed by atoms with E-state index < -0.39 is 0 Å². The number of hydrogen-bond acceptors (Lipinski definition) is 4. The van der Waals surface area contributed by atoms with Crippen LogP contribution in [0.5, 0.6) is 0 Å².